The van der Waals surface area contributed by atoms with Crippen LogP contribution in [0.25, 0.3) is 0 Å². The largest absolute Gasteiger partial charge is 0.307 e. The van der Waals surface area contributed by atoms with Crippen molar-refractivity contribution in [3.8, 4) is 0 Å². The Bertz CT molecular complexity index is 267. The standard InChI is InChI=1S/C9H13NS.ClH/c1-9(2)5-7-3-4-11-8(7)6-10-9;/h3-4,10H,5-6H2,1-2H3;1H. The molecule has 0 spiro atoms. The van der Waals surface area contributed by atoms with Gasteiger partial charge in [0.2, 0.25) is 0 Å². The first-order valence-corrected chi connectivity index (χ1v) is 4.86. The number of halogens is 1. The molecule has 0 bridgehead atoms. The van der Waals surface area contributed by atoms with Crippen LogP contribution in [-0.2, 0) is 13.0 Å². The van der Waals surface area contributed by atoms with Gasteiger partial charge in [0.15, 0.2) is 0 Å². The van der Waals surface area contributed by atoms with Crippen LogP contribution in [0.2, 0.25) is 0 Å². The maximum Gasteiger partial charge on any atom is 0.0307 e. The third kappa shape index (κ3) is 1.82. The lowest BCUT2D eigenvalue weighted by Gasteiger charge is -2.30. The summed E-state index contributed by atoms with van der Waals surface area (Å²) in [6.45, 7) is 5.57. The summed E-state index contributed by atoms with van der Waals surface area (Å²) in [5.74, 6) is 0. The van der Waals surface area contributed by atoms with Gasteiger partial charge in [0.05, 0.1) is 0 Å². The van der Waals surface area contributed by atoms with Gasteiger partial charge in [0, 0.05) is 17.0 Å². The summed E-state index contributed by atoms with van der Waals surface area (Å²) in [6, 6.07) is 2.25. The lowest BCUT2D eigenvalue weighted by atomic mass is 9.92. The molecule has 1 aromatic rings. The van der Waals surface area contributed by atoms with Crippen molar-refractivity contribution in [3.05, 3.63) is 21.9 Å². The Hall–Kier alpha value is -0.0500. The fourth-order valence-corrected chi connectivity index (χ4v) is 2.38. The molecule has 12 heavy (non-hydrogen) atoms. The smallest absolute Gasteiger partial charge is 0.0307 e. The molecule has 1 N–H and O–H groups in total. The Labute approximate surface area is 83.6 Å². The average Bonchev–Trinajstić information content (AvgIpc) is 2.31. The molecule has 0 atom stereocenters. The van der Waals surface area contributed by atoms with Crippen LogP contribution < -0.4 is 5.32 Å². The minimum Gasteiger partial charge on any atom is -0.307 e. The summed E-state index contributed by atoms with van der Waals surface area (Å²) in [4.78, 5) is 1.52. The minimum absolute atomic E-state index is 0. The van der Waals surface area contributed by atoms with Gasteiger partial charge in [0.25, 0.3) is 0 Å². The van der Waals surface area contributed by atoms with E-state index in [1.807, 2.05) is 11.3 Å². The quantitative estimate of drug-likeness (QED) is 0.684. The van der Waals surface area contributed by atoms with Crippen LogP contribution in [0.5, 0.6) is 0 Å². The number of thiophene rings is 1. The molecule has 1 aliphatic rings. The Morgan fingerprint density at radius 3 is 3.00 bits per heavy atom. The summed E-state index contributed by atoms with van der Waals surface area (Å²) in [7, 11) is 0. The SMILES string of the molecule is CC1(C)Cc2ccsc2CN1.Cl. The maximum absolute atomic E-state index is 3.51. The Morgan fingerprint density at radius 1 is 1.50 bits per heavy atom. The highest BCUT2D eigenvalue weighted by molar-refractivity contribution is 7.10. The number of rotatable bonds is 0. The molecule has 0 radical (unpaired) electrons. The van der Waals surface area contributed by atoms with Gasteiger partial charge in [-0.05, 0) is 37.3 Å². The normalized spacial score (nSPS) is 19.5. The summed E-state index contributed by atoms with van der Waals surface area (Å²) >= 11 is 1.86. The predicted molar refractivity (Wildman–Crippen MR) is 56.2 cm³/mol. The topological polar surface area (TPSA) is 12.0 Å². The maximum atomic E-state index is 3.51. The van der Waals surface area contributed by atoms with Gasteiger partial charge >= 0.3 is 0 Å². The minimum atomic E-state index is 0. The molecule has 3 heteroatoms. The van der Waals surface area contributed by atoms with E-state index in [0.29, 0.717) is 5.54 Å². The Kier molecular flexibility index (Phi) is 2.81. The Morgan fingerprint density at radius 2 is 2.25 bits per heavy atom. The monoisotopic (exact) mass is 203 g/mol. The van der Waals surface area contributed by atoms with Crippen molar-refractivity contribution in [2.45, 2.75) is 32.4 Å². The molecule has 0 unspecified atom stereocenters. The summed E-state index contributed by atoms with van der Waals surface area (Å²) in [6.07, 6.45) is 1.17. The third-order valence-corrected chi connectivity index (χ3v) is 3.16. The van der Waals surface area contributed by atoms with Gasteiger partial charge in [-0.1, -0.05) is 0 Å². The van der Waals surface area contributed by atoms with Crippen LogP contribution in [0.1, 0.15) is 24.3 Å². The molecule has 0 saturated heterocycles. The first kappa shape index (κ1) is 10.0. The molecule has 0 aromatic carbocycles. The van der Waals surface area contributed by atoms with E-state index in [1.54, 1.807) is 5.56 Å². The van der Waals surface area contributed by atoms with Gasteiger partial charge in [-0.15, -0.1) is 23.7 Å². The first-order valence-electron chi connectivity index (χ1n) is 3.98. The van der Waals surface area contributed by atoms with E-state index in [1.165, 1.54) is 11.3 Å². The van der Waals surface area contributed by atoms with E-state index >= 15 is 0 Å². The fourth-order valence-electron chi connectivity index (χ4n) is 1.54. The van der Waals surface area contributed by atoms with Crippen molar-refractivity contribution in [1.29, 1.82) is 0 Å². The van der Waals surface area contributed by atoms with Crippen LogP contribution in [0.3, 0.4) is 0 Å². The van der Waals surface area contributed by atoms with Crippen LogP contribution in [-0.4, -0.2) is 5.54 Å². The zero-order chi connectivity index (χ0) is 7.90. The van der Waals surface area contributed by atoms with Crippen LogP contribution in [0, 0.1) is 0 Å². The lowest BCUT2D eigenvalue weighted by molar-refractivity contribution is 0.366. The Balaban J connectivity index is 0.000000720. The van der Waals surface area contributed by atoms with Gasteiger partial charge in [-0.2, -0.15) is 0 Å². The van der Waals surface area contributed by atoms with E-state index in [4.69, 9.17) is 0 Å². The summed E-state index contributed by atoms with van der Waals surface area (Å²) < 4.78 is 0. The predicted octanol–water partition coefficient (Wildman–Crippen LogP) is 2.59. The van der Waals surface area contributed by atoms with Crippen LogP contribution >= 0.6 is 23.7 Å². The second-order valence-corrected chi connectivity index (χ2v) is 4.78. The highest BCUT2D eigenvalue weighted by Gasteiger charge is 2.24. The second-order valence-electron chi connectivity index (χ2n) is 3.78. The van der Waals surface area contributed by atoms with Crippen LogP contribution in [0.4, 0.5) is 0 Å². The van der Waals surface area contributed by atoms with E-state index in [2.05, 4.69) is 30.6 Å². The van der Waals surface area contributed by atoms with Gasteiger partial charge in [-0.25, -0.2) is 0 Å². The molecule has 1 nitrogen and oxygen atoms in total. The molecule has 1 aliphatic heterocycles. The number of nitrogens with one attached hydrogen (secondary N) is 1. The molecule has 0 amide bonds. The van der Waals surface area contributed by atoms with Gasteiger partial charge in [0.1, 0.15) is 0 Å². The van der Waals surface area contributed by atoms with E-state index in [9.17, 15) is 0 Å². The van der Waals surface area contributed by atoms with Crippen LogP contribution in [0.15, 0.2) is 11.4 Å². The van der Waals surface area contributed by atoms with Crippen molar-refractivity contribution in [2.24, 2.45) is 0 Å². The highest BCUT2D eigenvalue weighted by Crippen LogP contribution is 2.26. The lowest BCUT2D eigenvalue weighted by Crippen LogP contribution is -2.43. The zero-order valence-corrected chi connectivity index (χ0v) is 9.02. The molecule has 68 valence electrons. The van der Waals surface area contributed by atoms with Crippen molar-refractivity contribution in [3.63, 3.8) is 0 Å². The zero-order valence-electron chi connectivity index (χ0n) is 7.39. The molecular weight excluding hydrogens is 190 g/mol. The van der Waals surface area contributed by atoms with E-state index in [0.717, 1.165) is 6.54 Å². The van der Waals surface area contributed by atoms with E-state index < -0.39 is 0 Å². The fraction of sp³-hybridized carbons (Fsp3) is 0.556. The molecule has 2 heterocycles. The molecule has 0 aliphatic carbocycles. The second kappa shape index (κ2) is 3.36. The van der Waals surface area contributed by atoms with E-state index in [-0.39, 0.29) is 12.4 Å². The van der Waals surface area contributed by atoms with Crippen molar-refractivity contribution < 1.29 is 0 Å². The molecule has 2 rings (SSSR count). The van der Waals surface area contributed by atoms with Crippen molar-refractivity contribution >= 4 is 23.7 Å². The molecule has 0 fully saturated rings. The third-order valence-electron chi connectivity index (χ3n) is 2.20. The number of fused-ring (bicyclic) bond motifs is 1. The molecular formula is C9H14ClNS. The van der Waals surface area contributed by atoms with Gasteiger partial charge < -0.3 is 5.32 Å². The first-order chi connectivity index (χ1) is 5.17. The highest BCUT2D eigenvalue weighted by atomic mass is 35.5. The number of hydrogen-bond acceptors (Lipinski definition) is 2. The summed E-state index contributed by atoms with van der Waals surface area (Å²) in [5.41, 5.74) is 1.84. The number of hydrogen-bond donors (Lipinski definition) is 1. The average molecular weight is 204 g/mol. The summed E-state index contributed by atoms with van der Waals surface area (Å²) in [5, 5.41) is 5.70. The van der Waals surface area contributed by atoms with Gasteiger partial charge in [-0.3, -0.25) is 0 Å². The van der Waals surface area contributed by atoms with Crippen molar-refractivity contribution in [2.75, 3.05) is 0 Å². The molecule has 1 aromatic heterocycles. The van der Waals surface area contributed by atoms with Crippen molar-refractivity contribution in [1.82, 2.24) is 5.32 Å². The molecule has 0 saturated carbocycles.